The summed E-state index contributed by atoms with van der Waals surface area (Å²) < 4.78 is 1.37. The molecule has 0 atom stereocenters. The van der Waals surface area contributed by atoms with Gasteiger partial charge in [0, 0.05) is 24.2 Å². The lowest BCUT2D eigenvalue weighted by Gasteiger charge is -2.05. The molecule has 116 valence electrons. The first-order valence-electron chi connectivity index (χ1n) is 6.61. The Hall–Kier alpha value is -1.74. The van der Waals surface area contributed by atoms with E-state index in [2.05, 4.69) is 57.4 Å². The van der Waals surface area contributed by atoms with E-state index in [1.54, 1.807) is 0 Å². The van der Waals surface area contributed by atoms with Gasteiger partial charge in [0.1, 0.15) is 11.4 Å². The number of fused-ring (bicyclic) bond motifs is 1. The lowest BCUT2D eigenvalue weighted by Crippen LogP contribution is -2.22. The summed E-state index contributed by atoms with van der Waals surface area (Å²) in [6.45, 7) is 2.97. The number of nitrogens with one attached hydrogen (secondary N) is 4. The zero-order valence-corrected chi connectivity index (χ0v) is 14.7. The van der Waals surface area contributed by atoms with Crippen molar-refractivity contribution in [1.82, 2.24) is 20.3 Å². The molecule has 0 fully saturated rings. The summed E-state index contributed by atoms with van der Waals surface area (Å²) in [5, 5.41) is 15.9. The molecule has 3 rings (SSSR count). The van der Waals surface area contributed by atoms with E-state index in [0.29, 0.717) is 50.6 Å². The number of hydrogen-bond acceptors (Lipinski definition) is 4. The third-order valence-corrected chi connectivity index (χ3v) is 5.18. The Morgan fingerprint density at radius 1 is 1.36 bits per heavy atom. The van der Waals surface area contributed by atoms with Crippen LogP contribution in [-0.4, -0.2) is 39.1 Å². The van der Waals surface area contributed by atoms with Gasteiger partial charge in [0.05, 0.1) is 9.08 Å². The first-order valence-corrected chi connectivity index (χ1v) is 8.20. The molecule has 2 aromatic heterocycles. The zero-order valence-electron chi connectivity index (χ0n) is 11.6. The average molecular weight is 431 g/mol. The van der Waals surface area contributed by atoms with Crippen molar-refractivity contribution in [2.75, 3.05) is 18.4 Å². The zero-order chi connectivity index (χ0) is 15.9. The van der Waals surface area contributed by atoms with Crippen molar-refractivity contribution in [3.8, 4) is 5.88 Å². The Bertz CT molecular complexity index is 778. The molecule has 1 amide bonds. The molecule has 5 N–H and O–H groups in total. The highest BCUT2D eigenvalue weighted by atomic mass is 79.9. The molecule has 0 saturated carbocycles. The number of hydrogen-bond donors (Lipinski definition) is 5. The van der Waals surface area contributed by atoms with Gasteiger partial charge in [-0.15, -0.1) is 0 Å². The summed E-state index contributed by atoms with van der Waals surface area (Å²) in [5.74, 6) is 0.150. The fourth-order valence-electron chi connectivity index (χ4n) is 2.34. The molecular formula is C13H13Br2N5O2. The number of imidazole rings is 1. The molecule has 0 radical (unpaired) electrons. The van der Waals surface area contributed by atoms with Gasteiger partial charge in [0.25, 0.3) is 5.91 Å². The molecule has 0 aromatic carbocycles. The molecule has 9 heteroatoms. The molecule has 2 aromatic rings. The molecule has 0 aliphatic carbocycles. The fourth-order valence-corrected chi connectivity index (χ4v) is 3.24. The van der Waals surface area contributed by atoms with Crippen LogP contribution >= 0.6 is 31.9 Å². The molecular weight excluding hydrogens is 418 g/mol. The summed E-state index contributed by atoms with van der Waals surface area (Å²) in [7, 11) is 0. The standard InChI is InChI=1S/C13H13Br2N5O2/c1-2-16-13-19-8(12(22)20-13)5-3-4-17-11(21)9-6(5)7(14)10(15)18-9/h3,18,22H,2,4H2,1H3,(H,17,21)(H2,16,19,20). The minimum Gasteiger partial charge on any atom is -0.492 e. The minimum atomic E-state index is -0.210. The SMILES string of the molecule is CCNc1nc(O)c(C2=CCNC(=O)c3[nH]c(Br)c(Br)c32)[nH]1. The van der Waals surface area contributed by atoms with Crippen LogP contribution in [0, 0.1) is 0 Å². The summed E-state index contributed by atoms with van der Waals surface area (Å²) in [4.78, 5) is 22.2. The Kier molecular flexibility index (Phi) is 4.00. The van der Waals surface area contributed by atoms with E-state index < -0.39 is 0 Å². The molecule has 0 saturated heterocycles. The Balaban J connectivity index is 2.17. The highest BCUT2D eigenvalue weighted by Crippen LogP contribution is 2.40. The topological polar surface area (TPSA) is 106 Å². The van der Waals surface area contributed by atoms with Crippen molar-refractivity contribution >= 4 is 49.3 Å². The second kappa shape index (κ2) is 5.81. The van der Waals surface area contributed by atoms with Crippen molar-refractivity contribution in [3.63, 3.8) is 0 Å². The number of nitrogens with zero attached hydrogens (tertiary/aromatic N) is 1. The van der Waals surface area contributed by atoms with Gasteiger partial charge in [0.15, 0.2) is 0 Å². The Morgan fingerprint density at radius 2 is 2.14 bits per heavy atom. The van der Waals surface area contributed by atoms with Gasteiger partial charge in [-0.25, -0.2) is 0 Å². The molecule has 1 aliphatic heterocycles. The van der Waals surface area contributed by atoms with Gasteiger partial charge in [-0.2, -0.15) is 4.98 Å². The van der Waals surface area contributed by atoms with Crippen molar-refractivity contribution in [2.45, 2.75) is 6.92 Å². The molecule has 7 nitrogen and oxygen atoms in total. The summed E-state index contributed by atoms with van der Waals surface area (Å²) in [5.41, 5.74) is 2.24. The van der Waals surface area contributed by atoms with Gasteiger partial charge in [-0.3, -0.25) is 4.79 Å². The van der Waals surface area contributed by atoms with Gasteiger partial charge >= 0.3 is 0 Å². The first-order chi connectivity index (χ1) is 10.5. The van der Waals surface area contributed by atoms with Gasteiger partial charge in [0.2, 0.25) is 11.8 Å². The summed E-state index contributed by atoms with van der Waals surface area (Å²) in [6, 6.07) is 0. The van der Waals surface area contributed by atoms with Crippen LogP contribution in [0.15, 0.2) is 15.2 Å². The molecule has 0 unspecified atom stereocenters. The van der Waals surface area contributed by atoms with Crippen LogP contribution in [0.3, 0.4) is 0 Å². The minimum absolute atomic E-state index is 0.119. The Labute approximate surface area is 142 Å². The number of rotatable bonds is 3. The van der Waals surface area contributed by atoms with Gasteiger partial charge in [-0.1, -0.05) is 6.08 Å². The van der Waals surface area contributed by atoms with E-state index in [4.69, 9.17) is 0 Å². The Morgan fingerprint density at radius 3 is 2.86 bits per heavy atom. The van der Waals surface area contributed by atoms with Crippen LogP contribution in [-0.2, 0) is 0 Å². The van der Waals surface area contributed by atoms with Crippen LogP contribution < -0.4 is 10.6 Å². The molecule has 22 heavy (non-hydrogen) atoms. The number of aromatic nitrogens is 3. The number of amides is 1. The summed E-state index contributed by atoms with van der Waals surface area (Å²) in [6.07, 6.45) is 1.83. The number of aromatic hydroxyl groups is 1. The van der Waals surface area contributed by atoms with Gasteiger partial charge < -0.3 is 25.7 Å². The predicted octanol–water partition coefficient (Wildman–Crippen LogP) is 2.58. The maximum atomic E-state index is 12.1. The van der Waals surface area contributed by atoms with Crippen molar-refractivity contribution in [2.24, 2.45) is 0 Å². The van der Waals surface area contributed by atoms with E-state index in [-0.39, 0.29) is 11.8 Å². The van der Waals surface area contributed by atoms with Crippen molar-refractivity contribution in [3.05, 3.63) is 32.1 Å². The molecule has 1 aliphatic rings. The second-order valence-corrected chi connectivity index (χ2v) is 6.23. The number of aromatic amines is 2. The van der Waals surface area contributed by atoms with E-state index in [9.17, 15) is 9.90 Å². The number of carbonyl (C=O) groups is 1. The quantitative estimate of drug-likeness (QED) is 0.515. The lowest BCUT2D eigenvalue weighted by atomic mass is 10.0. The van der Waals surface area contributed by atoms with Crippen LogP contribution in [0.2, 0.25) is 0 Å². The number of H-pyrrole nitrogens is 2. The lowest BCUT2D eigenvalue weighted by molar-refractivity contribution is 0.0954. The van der Waals surface area contributed by atoms with E-state index in [1.807, 2.05) is 13.0 Å². The largest absolute Gasteiger partial charge is 0.492 e. The predicted molar refractivity (Wildman–Crippen MR) is 90.0 cm³/mol. The third kappa shape index (κ3) is 2.44. The number of anilines is 1. The molecule has 0 bridgehead atoms. The maximum Gasteiger partial charge on any atom is 0.268 e. The highest BCUT2D eigenvalue weighted by Gasteiger charge is 2.28. The molecule has 3 heterocycles. The van der Waals surface area contributed by atoms with Crippen LogP contribution in [0.25, 0.3) is 5.57 Å². The molecule has 0 spiro atoms. The van der Waals surface area contributed by atoms with E-state index >= 15 is 0 Å². The maximum absolute atomic E-state index is 12.1. The first kappa shape index (κ1) is 15.2. The number of carbonyl (C=O) groups excluding carboxylic acids is 1. The normalized spacial score (nSPS) is 14.1. The van der Waals surface area contributed by atoms with Gasteiger partial charge in [-0.05, 0) is 38.8 Å². The van der Waals surface area contributed by atoms with E-state index in [1.165, 1.54) is 0 Å². The third-order valence-electron chi connectivity index (χ3n) is 3.26. The van der Waals surface area contributed by atoms with Crippen LogP contribution in [0.5, 0.6) is 5.88 Å². The van der Waals surface area contributed by atoms with E-state index in [0.717, 1.165) is 0 Å². The smallest absolute Gasteiger partial charge is 0.268 e. The second-order valence-electron chi connectivity index (χ2n) is 4.65. The number of halogens is 2. The van der Waals surface area contributed by atoms with Crippen LogP contribution in [0.4, 0.5) is 5.95 Å². The van der Waals surface area contributed by atoms with Crippen LogP contribution in [0.1, 0.15) is 28.7 Å². The van der Waals surface area contributed by atoms with Crippen molar-refractivity contribution < 1.29 is 9.90 Å². The monoisotopic (exact) mass is 429 g/mol. The highest BCUT2D eigenvalue weighted by molar-refractivity contribution is 9.13. The summed E-state index contributed by atoms with van der Waals surface area (Å²) >= 11 is 6.84. The fraction of sp³-hybridized carbons (Fsp3) is 0.231. The van der Waals surface area contributed by atoms with Crippen molar-refractivity contribution in [1.29, 1.82) is 0 Å². The average Bonchev–Trinajstić information content (AvgIpc) is 2.92.